The van der Waals surface area contributed by atoms with Crippen LogP contribution in [0.1, 0.15) is 22.9 Å². The van der Waals surface area contributed by atoms with Crippen LogP contribution in [0.2, 0.25) is 0 Å². The first-order chi connectivity index (χ1) is 12.2. The molecule has 1 N–H and O–H groups in total. The summed E-state index contributed by atoms with van der Waals surface area (Å²) in [5.41, 5.74) is 1.63. The summed E-state index contributed by atoms with van der Waals surface area (Å²) in [6.45, 7) is 0. The van der Waals surface area contributed by atoms with Gasteiger partial charge < -0.3 is 14.8 Å². The topological polar surface area (TPSA) is 65.4 Å². The second-order valence-electron chi connectivity index (χ2n) is 5.71. The molecule has 128 valence electrons. The predicted octanol–water partition coefficient (Wildman–Crippen LogP) is 3.43. The largest absolute Gasteiger partial charge is 0.497 e. The number of hydrogen-bond acceptors (Lipinski definition) is 5. The van der Waals surface area contributed by atoms with Crippen LogP contribution >= 0.6 is 11.3 Å². The maximum absolute atomic E-state index is 12.3. The van der Waals surface area contributed by atoms with E-state index in [4.69, 9.17) is 9.47 Å². The van der Waals surface area contributed by atoms with Gasteiger partial charge >= 0.3 is 0 Å². The maximum atomic E-state index is 12.3. The Bertz CT molecular complexity index is 918. The fraction of sp³-hybridized carbons (Fsp3) is 0.222. The van der Waals surface area contributed by atoms with Crippen molar-refractivity contribution in [3.8, 4) is 17.2 Å². The van der Waals surface area contributed by atoms with Gasteiger partial charge in [0.25, 0.3) is 0 Å². The lowest BCUT2D eigenvalue weighted by Gasteiger charge is -2.22. The fourth-order valence-electron chi connectivity index (χ4n) is 3.10. The maximum Gasteiger partial charge on any atom is 0.226 e. The Labute approximate surface area is 149 Å². The molecule has 3 aromatic rings. The number of amides is 1. The average Bonchev–Trinajstić information content (AvgIpc) is 3.30. The number of imidazole rings is 1. The van der Waals surface area contributed by atoms with Crippen molar-refractivity contribution in [2.45, 2.75) is 12.3 Å². The number of hydrogen-bond donors (Lipinski definition) is 1. The molecule has 4 rings (SSSR count). The molecule has 0 unspecified atom stereocenters. The highest BCUT2D eigenvalue weighted by molar-refractivity contribution is 7.10. The van der Waals surface area contributed by atoms with Gasteiger partial charge in [-0.05, 0) is 23.6 Å². The third-order valence-electron chi connectivity index (χ3n) is 4.31. The lowest BCUT2D eigenvalue weighted by atomic mass is 9.96. The first kappa shape index (κ1) is 15.7. The van der Waals surface area contributed by atoms with Crippen LogP contribution in [-0.2, 0) is 4.79 Å². The normalized spacial score (nSPS) is 16.2. The van der Waals surface area contributed by atoms with Gasteiger partial charge in [0.1, 0.15) is 23.6 Å². The number of methoxy groups -OCH3 is 2. The van der Waals surface area contributed by atoms with Gasteiger partial charge in [-0.15, -0.1) is 11.3 Å². The van der Waals surface area contributed by atoms with Crippen LogP contribution in [0.5, 0.6) is 11.5 Å². The zero-order valence-corrected chi connectivity index (χ0v) is 14.7. The van der Waals surface area contributed by atoms with E-state index in [9.17, 15) is 4.79 Å². The number of carbonyl (C=O) groups is 1. The van der Waals surface area contributed by atoms with Crippen molar-refractivity contribution < 1.29 is 14.3 Å². The molecule has 0 saturated carbocycles. The summed E-state index contributed by atoms with van der Waals surface area (Å²) < 4.78 is 12.6. The molecule has 0 aliphatic carbocycles. The van der Waals surface area contributed by atoms with E-state index in [0.717, 1.165) is 16.3 Å². The first-order valence-corrected chi connectivity index (χ1v) is 8.72. The van der Waals surface area contributed by atoms with Gasteiger partial charge in [-0.25, -0.2) is 4.98 Å². The number of benzene rings is 1. The third kappa shape index (κ3) is 2.66. The number of fused-ring (bicyclic) bond motifs is 1. The second kappa shape index (κ2) is 6.25. The summed E-state index contributed by atoms with van der Waals surface area (Å²) in [7, 11) is 3.23. The van der Waals surface area contributed by atoms with Crippen molar-refractivity contribution in [1.29, 1.82) is 0 Å². The molecule has 1 atom stereocenters. The molecular weight excluding hydrogens is 338 g/mol. The van der Waals surface area contributed by atoms with Gasteiger partial charge in [0, 0.05) is 23.3 Å². The molecule has 6 nitrogen and oxygen atoms in total. The van der Waals surface area contributed by atoms with Gasteiger partial charge in [0.05, 0.1) is 25.6 Å². The van der Waals surface area contributed by atoms with Crippen molar-refractivity contribution in [1.82, 2.24) is 9.55 Å². The summed E-state index contributed by atoms with van der Waals surface area (Å²) >= 11 is 1.64. The van der Waals surface area contributed by atoms with Crippen molar-refractivity contribution in [3.05, 3.63) is 52.6 Å². The smallest absolute Gasteiger partial charge is 0.226 e. The van der Waals surface area contributed by atoms with Crippen molar-refractivity contribution in [3.63, 3.8) is 0 Å². The molecule has 7 heteroatoms. The summed E-state index contributed by atoms with van der Waals surface area (Å²) in [6, 6.07) is 9.57. The highest BCUT2D eigenvalue weighted by Gasteiger charge is 2.32. The predicted molar refractivity (Wildman–Crippen MR) is 96.1 cm³/mol. The molecule has 3 heterocycles. The molecule has 0 bridgehead atoms. The fourth-order valence-corrected chi connectivity index (χ4v) is 3.93. The molecule has 1 aromatic carbocycles. The van der Waals surface area contributed by atoms with Gasteiger partial charge in [-0.1, -0.05) is 6.07 Å². The van der Waals surface area contributed by atoms with Crippen LogP contribution in [0.4, 0.5) is 5.82 Å². The quantitative estimate of drug-likeness (QED) is 0.779. The van der Waals surface area contributed by atoms with Crippen molar-refractivity contribution >= 4 is 23.1 Å². The molecule has 2 aromatic heterocycles. The van der Waals surface area contributed by atoms with E-state index < -0.39 is 0 Å². The van der Waals surface area contributed by atoms with Crippen LogP contribution < -0.4 is 14.8 Å². The number of aromatic nitrogens is 2. The number of nitrogens with zero attached hydrogens (tertiary/aromatic N) is 2. The Morgan fingerprint density at radius 2 is 2.16 bits per heavy atom. The van der Waals surface area contributed by atoms with Crippen LogP contribution in [-0.4, -0.2) is 29.7 Å². The monoisotopic (exact) mass is 355 g/mol. The van der Waals surface area contributed by atoms with Crippen LogP contribution in [0.15, 0.2) is 42.0 Å². The van der Waals surface area contributed by atoms with Crippen LogP contribution in [0.3, 0.4) is 0 Å². The molecule has 25 heavy (non-hydrogen) atoms. The summed E-state index contributed by atoms with van der Waals surface area (Å²) in [4.78, 5) is 18.0. The highest BCUT2D eigenvalue weighted by Crippen LogP contribution is 2.40. The van der Waals surface area contributed by atoms with Crippen LogP contribution in [0.25, 0.3) is 5.69 Å². The summed E-state index contributed by atoms with van der Waals surface area (Å²) in [5.74, 6) is 2.01. The van der Waals surface area contributed by atoms with Gasteiger partial charge in [-0.2, -0.15) is 0 Å². The number of thiophene rings is 1. The third-order valence-corrected chi connectivity index (χ3v) is 5.29. The SMILES string of the molecule is COc1ccc(OC)c(-n2cnc3c2NC(=O)C[C@H]3c2cccs2)c1. The van der Waals surface area contributed by atoms with Gasteiger partial charge in [0.15, 0.2) is 0 Å². The van der Waals surface area contributed by atoms with Crippen molar-refractivity contribution in [2.75, 3.05) is 19.5 Å². The molecular formula is C18H17N3O3S. The van der Waals surface area contributed by atoms with Crippen molar-refractivity contribution in [2.24, 2.45) is 0 Å². The number of carbonyl (C=O) groups excluding carboxylic acids is 1. The molecule has 1 aliphatic heterocycles. The number of anilines is 1. The molecule has 0 radical (unpaired) electrons. The minimum absolute atomic E-state index is 0.0190. The molecule has 1 amide bonds. The van der Waals surface area contributed by atoms with Gasteiger partial charge in [-0.3, -0.25) is 9.36 Å². The van der Waals surface area contributed by atoms with E-state index in [1.165, 1.54) is 0 Å². The van der Waals surface area contributed by atoms with Gasteiger partial charge in [0.2, 0.25) is 5.91 Å². The summed E-state index contributed by atoms with van der Waals surface area (Å²) in [6.07, 6.45) is 2.12. The lowest BCUT2D eigenvalue weighted by molar-refractivity contribution is -0.116. The Hall–Kier alpha value is -2.80. The van der Waals surface area contributed by atoms with E-state index >= 15 is 0 Å². The minimum Gasteiger partial charge on any atom is -0.497 e. The number of ether oxygens (including phenoxy) is 2. The Kier molecular flexibility index (Phi) is 3.93. The average molecular weight is 355 g/mol. The van der Waals surface area contributed by atoms with Crippen LogP contribution in [0, 0.1) is 0 Å². The second-order valence-corrected chi connectivity index (χ2v) is 6.69. The first-order valence-electron chi connectivity index (χ1n) is 7.84. The Morgan fingerprint density at radius 3 is 2.88 bits per heavy atom. The van der Waals surface area contributed by atoms with E-state index in [0.29, 0.717) is 23.7 Å². The van der Waals surface area contributed by atoms with E-state index in [2.05, 4.69) is 10.3 Å². The lowest BCUT2D eigenvalue weighted by Crippen LogP contribution is -2.24. The van der Waals surface area contributed by atoms with E-state index in [-0.39, 0.29) is 11.8 Å². The molecule has 0 saturated heterocycles. The zero-order valence-electron chi connectivity index (χ0n) is 13.9. The number of rotatable bonds is 4. The highest BCUT2D eigenvalue weighted by atomic mass is 32.1. The number of nitrogens with one attached hydrogen (secondary N) is 1. The molecule has 1 aliphatic rings. The van der Waals surface area contributed by atoms with E-state index in [1.54, 1.807) is 31.9 Å². The Balaban J connectivity index is 1.86. The standard InChI is InChI=1S/C18H17N3O3S/c1-23-11-5-6-14(24-2)13(8-11)21-10-19-17-12(15-4-3-7-25-15)9-16(22)20-18(17)21/h3-8,10,12H,9H2,1-2H3,(H,20,22)/t12-/m0/s1. The van der Waals surface area contributed by atoms with E-state index in [1.807, 2.05) is 40.3 Å². The minimum atomic E-state index is -0.0263. The Morgan fingerprint density at radius 1 is 1.28 bits per heavy atom. The summed E-state index contributed by atoms with van der Waals surface area (Å²) in [5, 5.41) is 4.97. The molecule has 0 fully saturated rings. The zero-order chi connectivity index (χ0) is 17.4. The molecule has 0 spiro atoms.